The van der Waals surface area contributed by atoms with Crippen LogP contribution in [0.15, 0.2) is 18.3 Å². The van der Waals surface area contributed by atoms with Crippen LogP contribution < -0.4 is 10.1 Å². The number of hydrogen-bond donors (Lipinski definition) is 1. The zero-order valence-corrected chi connectivity index (χ0v) is 13.2. The average molecular weight is 276 g/mol. The Balaban J connectivity index is 1.93. The van der Waals surface area contributed by atoms with Gasteiger partial charge in [0.1, 0.15) is 5.75 Å². The normalized spacial score (nSPS) is 28.1. The van der Waals surface area contributed by atoms with Crippen molar-refractivity contribution < 1.29 is 4.74 Å². The topological polar surface area (TPSA) is 34.1 Å². The molecular weight excluding hydrogens is 248 g/mol. The summed E-state index contributed by atoms with van der Waals surface area (Å²) in [6.07, 6.45) is 5.89. The summed E-state index contributed by atoms with van der Waals surface area (Å²) >= 11 is 0. The lowest BCUT2D eigenvalue weighted by molar-refractivity contribution is 0.101. The zero-order chi connectivity index (χ0) is 14.5. The molecule has 3 heteroatoms. The van der Waals surface area contributed by atoms with Crippen molar-refractivity contribution in [2.75, 3.05) is 6.54 Å². The Labute approximate surface area is 123 Å². The first-order chi connectivity index (χ1) is 9.58. The summed E-state index contributed by atoms with van der Waals surface area (Å²) in [4.78, 5) is 4.51. The maximum atomic E-state index is 6.11. The van der Waals surface area contributed by atoms with Crippen LogP contribution in [0.25, 0.3) is 0 Å². The van der Waals surface area contributed by atoms with Gasteiger partial charge in [-0.15, -0.1) is 0 Å². The van der Waals surface area contributed by atoms with Crippen molar-refractivity contribution in [3.8, 4) is 5.75 Å². The summed E-state index contributed by atoms with van der Waals surface area (Å²) in [6.45, 7) is 9.85. The van der Waals surface area contributed by atoms with Crippen molar-refractivity contribution in [3.63, 3.8) is 0 Å². The Hall–Kier alpha value is -1.09. The van der Waals surface area contributed by atoms with Crippen molar-refractivity contribution in [2.45, 2.75) is 59.1 Å². The van der Waals surface area contributed by atoms with Gasteiger partial charge in [0, 0.05) is 6.04 Å². The molecule has 0 aliphatic heterocycles. The van der Waals surface area contributed by atoms with E-state index in [1.165, 1.54) is 19.3 Å². The summed E-state index contributed by atoms with van der Waals surface area (Å²) in [5.41, 5.74) is 1.07. The summed E-state index contributed by atoms with van der Waals surface area (Å²) in [6, 6.07) is 4.42. The molecule has 1 heterocycles. The lowest BCUT2D eigenvalue weighted by atomic mass is 9.82. The highest BCUT2D eigenvalue weighted by molar-refractivity contribution is 5.21. The number of aromatic nitrogens is 1. The van der Waals surface area contributed by atoms with Crippen LogP contribution in [0.1, 0.15) is 58.7 Å². The lowest BCUT2D eigenvalue weighted by Crippen LogP contribution is -2.28. The Morgan fingerprint density at radius 1 is 1.25 bits per heavy atom. The second kappa shape index (κ2) is 7.07. The molecular formula is C17H28N2O. The molecule has 0 bridgehead atoms. The van der Waals surface area contributed by atoms with Crippen molar-refractivity contribution in [1.82, 2.24) is 10.3 Å². The molecule has 2 rings (SSSR count). The van der Waals surface area contributed by atoms with Crippen LogP contribution in [0.3, 0.4) is 0 Å². The molecule has 1 fully saturated rings. The SMILES string of the molecule is CCNC(C)c1ccc(OC2CC(C)CC(C)C2)cn1. The molecule has 3 atom stereocenters. The smallest absolute Gasteiger partial charge is 0.138 e. The molecule has 3 unspecified atom stereocenters. The quantitative estimate of drug-likeness (QED) is 0.884. The maximum absolute atomic E-state index is 6.11. The molecule has 1 aromatic heterocycles. The van der Waals surface area contributed by atoms with E-state index in [4.69, 9.17) is 4.74 Å². The van der Waals surface area contributed by atoms with Crippen LogP contribution in [0.4, 0.5) is 0 Å². The Bertz CT molecular complexity index is 394. The van der Waals surface area contributed by atoms with Gasteiger partial charge in [0.15, 0.2) is 0 Å². The zero-order valence-electron chi connectivity index (χ0n) is 13.2. The van der Waals surface area contributed by atoms with Gasteiger partial charge >= 0.3 is 0 Å². The summed E-state index contributed by atoms with van der Waals surface area (Å²) in [5.74, 6) is 2.44. The molecule has 1 aromatic rings. The third-order valence-electron chi connectivity index (χ3n) is 4.15. The third kappa shape index (κ3) is 4.20. The van der Waals surface area contributed by atoms with Crippen LogP contribution in [-0.2, 0) is 0 Å². The van der Waals surface area contributed by atoms with Gasteiger partial charge in [0.25, 0.3) is 0 Å². The third-order valence-corrected chi connectivity index (χ3v) is 4.15. The van der Waals surface area contributed by atoms with Gasteiger partial charge in [0.2, 0.25) is 0 Å². The van der Waals surface area contributed by atoms with E-state index < -0.39 is 0 Å². The van der Waals surface area contributed by atoms with Crippen molar-refractivity contribution in [3.05, 3.63) is 24.0 Å². The minimum absolute atomic E-state index is 0.295. The first-order valence-corrected chi connectivity index (χ1v) is 7.94. The maximum Gasteiger partial charge on any atom is 0.138 e. The predicted octanol–water partition coefficient (Wildman–Crippen LogP) is 3.96. The minimum Gasteiger partial charge on any atom is -0.489 e. The largest absolute Gasteiger partial charge is 0.489 e. The van der Waals surface area contributed by atoms with E-state index in [1.54, 1.807) is 0 Å². The van der Waals surface area contributed by atoms with Crippen molar-refractivity contribution in [1.29, 1.82) is 0 Å². The van der Waals surface area contributed by atoms with Crippen LogP contribution in [-0.4, -0.2) is 17.6 Å². The molecule has 1 saturated carbocycles. The molecule has 0 amide bonds. The van der Waals surface area contributed by atoms with Gasteiger partial charge in [-0.25, -0.2) is 0 Å². The number of pyridine rings is 1. The number of hydrogen-bond acceptors (Lipinski definition) is 3. The molecule has 0 aromatic carbocycles. The molecule has 1 N–H and O–H groups in total. The van der Waals surface area contributed by atoms with Crippen molar-refractivity contribution >= 4 is 0 Å². The van der Waals surface area contributed by atoms with Crippen molar-refractivity contribution in [2.24, 2.45) is 11.8 Å². The molecule has 112 valence electrons. The van der Waals surface area contributed by atoms with Crippen LogP contribution in [0.5, 0.6) is 5.75 Å². The molecule has 3 nitrogen and oxygen atoms in total. The number of rotatable bonds is 5. The van der Waals surface area contributed by atoms with E-state index in [9.17, 15) is 0 Å². The summed E-state index contributed by atoms with van der Waals surface area (Å²) in [5, 5.41) is 3.37. The van der Waals surface area contributed by atoms with E-state index in [2.05, 4.69) is 50.1 Å². The number of nitrogens with zero attached hydrogens (tertiary/aromatic N) is 1. The Morgan fingerprint density at radius 2 is 1.95 bits per heavy atom. The average Bonchev–Trinajstić information content (AvgIpc) is 2.38. The first kappa shape index (κ1) is 15.3. The highest BCUT2D eigenvalue weighted by Crippen LogP contribution is 2.31. The van der Waals surface area contributed by atoms with Crippen LogP contribution in [0, 0.1) is 11.8 Å². The van der Waals surface area contributed by atoms with E-state index in [0.717, 1.165) is 29.8 Å². The minimum atomic E-state index is 0.295. The summed E-state index contributed by atoms with van der Waals surface area (Å²) in [7, 11) is 0. The second-order valence-electron chi connectivity index (χ2n) is 6.36. The predicted molar refractivity (Wildman–Crippen MR) is 82.9 cm³/mol. The van der Waals surface area contributed by atoms with Gasteiger partial charge in [-0.3, -0.25) is 4.98 Å². The first-order valence-electron chi connectivity index (χ1n) is 7.94. The second-order valence-corrected chi connectivity index (χ2v) is 6.36. The van der Waals surface area contributed by atoms with Gasteiger partial charge < -0.3 is 10.1 Å². The molecule has 0 saturated heterocycles. The molecule has 0 radical (unpaired) electrons. The number of nitrogens with one attached hydrogen (secondary N) is 1. The molecule has 20 heavy (non-hydrogen) atoms. The standard InChI is InChI=1S/C17H28N2O/c1-5-18-14(4)17-7-6-15(11-19-17)20-16-9-12(2)8-13(3)10-16/h6-7,11-14,16,18H,5,8-10H2,1-4H3. The molecule has 1 aliphatic carbocycles. The molecule has 1 aliphatic rings. The monoisotopic (exact) mass is 276 g/mol. The van der Waals surface area contributed by atoms with Gasteiger partial charge in [-0.2, -0.15) is 0 Å². The Kier molecular flexibility index (Phi) is 5.41. The van der Waals surface area contributed by atoms with E-state index in [-0.39, 0.29) is 0 Å². The highest BCUT2D eigenvalue weighted by atomic mass is 16.5. The van der Waals surface area contributed by atoms with E-state index in [0.29, 0.717) is 12.1 Å². The fourth-order valence-corrected chi connectivity index (χ4v) is 3.29. The van der Waals surface area contributed by atoms with Gasteiger partial charge in [-0.05, 0) is 56.7 Å². The fourth-order valence-electron chi connectivity index (χ4n) is 3.29. The van der Waals surface area contributed by atoms with Crippen LogP contribution >= 0.6 is 0 Å². The van der Waals surface area contributed by atoms with E-state index >= 15 is 0 Å². The fraction of sp³-hybridized carbons (Fsp3) is 0.706. The highest BCUT2D eigenvalue weighted by Gasteiger charge is 2.25. The van der Waals surface area contributed by atoms with Gasteiger partial charge in [0.05, 0.1) is 18.0 Å². The Morgan fingerprint density at radius 3 is 2.50 bits per heavy atom. The van der Waals surface area contributed by atoms with Gasteiger partial charge in [-0.1, -0.05) is 20.8 Å². The molecule has 0 spiro atoms. The van der Waals surface area contributed by atoms with E-state index in [1.807, 2.05) is 6.20 Å². The number of ether oxygens (including phenoxy) is 1. The summed E-state index contributed by atoms with van der Waals surface area (Å²) < 4.78 is 6.11. The van der Waals surface area contributed by atoms with Crippen LogP contribution in [0.2, 0.25) is 0 Å². The lowest BCUT2D eigenvalue weighted by Gasteiger charge is -2.31.